The summed E-state index contributed by atoms with van der Waals surface area (Å²) < 4.78 is 0. The molecule has 0 saturated carbocycles. The molecular formula is C18H22N2O4S2. The molecule has 26 heavy (non-hydrogen) atoms. The average Bonchev–Trinajstić information content (AvgIpc) is 2.62. The summed E-state index contributed by atoms with van der Waals surface area (Å²) in [6, 6.07) is 5.96. The van der Waals surface area contributed by atoms with Gasteiger partial charge in [-0.1, -0.05) is 51.9 Å². The van der Waals surface area contributed by atoms with Crippen molar-refractivity contribution in [2.75, 3.05) is 0 Å². The van der Waals surface area contributed by atoms with Gasteiger partial charge in [-0.05, 0) is 42.9 Å². The standard InChI is InChI=1S/C18H22N2O4S2/c19-15(17(21)22)9-11-1-5-13(6-2-11)25-26-14-7-3-12(4-8-14)10-16(20)18(23)24/h1-3,5-8,12,15-16H,4,9-10,19-20H2,(H,21,22)(H,23,24). The van der Waals surface area contributed by atoms with Gasteiger partial charge < -0.3 is 21.7 Å². The molecule has 1 aliphatic rings. The van der Waals surface area contributed by atoms with Crippen molar-refractivity contribution in [2.24, 2.45) is 17.4 Å². The lowest BCUT2D eigenvalue weighted by molar-refractivity contribution is -0.139. The van der Waals surface area contributed by atoms with E-state index in [0.717, 1.165) is 21.8 Å². The highest BCUT2D eigenvalue weighted by atomic mass is 33.1. The highest BCUT2D eigenvalue weighted by molar-refractivity contribution is 8.78. The quantitative estimate of drug-likeness (QED) is 0.471. The first-order chi connectivity index (χ1) is 12.3. The Bertz CT molecular complexity index is 704. The molecule has 6 nitrogen and oxygen atoms in total. The molecule has 3 atom stereocenters. The second-order valence-electron chi connectivity index (χ2n) is 6.10. The molecule has 140 valence electrons. The van der Waals surface area contributed by atoms with Gasteiger partial charge in [0.05, 0.1) is 0 Å². The largest absolute Gasteiger partial charge is 0.480 e. The molecule has 0 radical (unpaired) electrons. The summed E-state index contributed by atoms with van der Waals surface area (Å²) in [5.74, 6) is -1.81. The van der Waals surface area contributed by atoms with Crippen LogP contribution in [0.1, 0.15) is 18.4 Å². The fourth-order valence-corrected chi connectivity index (χ4v) is 4.45. The topological polar surface area (TPSA) is 127 Å². The second kappa shape index (κ2) is 9.82. The van der Waals surface area contributed by atoms with Crippen LogP contribution in [-0.2, 0) is 16.0 Å². The Hall–Kier alpha value is -1.74. The number of carbonyl (C=O) groups is 2. The van der Waals surface area contributed by atoms with Crippen LogP contribution in [0.15, 0.2) is 52.3 Å². The Balaban J connectivity index is 1.79. The molecule has 2 rings (SSSR count). The minimum atomic E-state index is -1.00. The van der Waals surface area contributed by atoms with Gasteiger partial charge in [0.1, 0.15) is 12.1 Å². The summed E-state index contributed by atoms with van der Waals surface area (Å²) in [4.78, 5) is 23.8. The van der Waals surface area contributed by atoms with Crippen molar-refractivity contribution in [1.82, 2.24) is 0 Å². The SMILES string of the molecule is NC(Cc1ccc(SSC2=CCC(CC(N)C(=O)O)C=C2)cc1)C(=O)O. The number of aliphatic carboxylic acids is 2. The molecule has 1 aliphatic carbocycles. The van der Waals surface area contributed by atoms with Gasteiger partial charge in [0, 0.05) is 9.80 Å². The van der Waals surface area contributed by atoms with Crippen LogP contribution in [0.4, 0.5) is 0 Å². The van der Waals surface area contributed by atoms with Gasteiger partial charge in [-0.3, -0.25) is 9.59 Å². The van der Waals surface area contributed by atoms with Gasteiger partial charge in [0.15, 0.2) is 0 Å². The number of hydrogen-bond acceptors (Lipinski definition) is 6. The number of allylic oxidation sites excluding steroid dienone is 3. The lowest BCUT2D eigenvalue weighted by atomic mass is 9.94. The maximum atomic E-state index is 10.8. The van der Waals surface area contributed by atoms with E-state index in [2.05, 4.69) is 6.08 Å². The molecule has 0 aliphatic heterocycles. The van der Waals surface area contributed by atoms with Crippen LogP contribution in [0.3, 0.4) is 0 Å². The third-order valence-corrected chi connectivity index (χ3v) is 6.41. The zero-order valence-electron chi connectivity index (χ0n) is 14.1. The second-order valence-corrected chi connectivity index (χ2v) is 8.38. The van der Waals surface area contributed by atoms with Crippen LogP contribution in [0.5, 0.6) is 0 Å². The summed E-state index contributed by atoms with van der Waals surface area (Å²) in [5.41, 5.74) is 12.0. The molecule has 0 aromatic heterocycles. The van der Waals surface area contributed by atoms with Crippen LogP contribution in [-0.4, -0.2) is 34.2 Å². The Morgan fingerprint density at radius 3 is 2.27 bits per heavy atom. The zero-order chi connectivity index (χ0) is 19.1. The summed E-state index contributed by atoms with van der Waals surface area (Å²) >= 11 is 0. The predicted molar refractivity (Wildman–Crippen MR) is 105 cm³/mol. The number of carboxylic acids is 2. The van der Waals surface area contributed by atoms with Crippen molar-refractivity contribution < 1.29 is 19.8 Å². The monoisotopic (exact) mass is 394 g/mol. The molecule has 6 N–H and O–H groups in total. The number of benzene rings is 1. The lowest BCUT2D eigenvalue weighted by Gasteiger charge is -2.17. The van der Waals surface area contributed by atoms with E-state index in [-0.39, 0.29) is 5.92 Å². The molecule has 0 fully saturated rings. The van der Waals surface area contributed by atoms with Crippen molar-refractivity contribution in [3.05, 3.63) is 53.0 Å². The van der Waals surface area contributed by atoms with Gasteiger partial charge >= 0.3 is 11.9 Å². The molecular weight excluding hydrogens is 372 g/mol. The molecule has 1 aromatic carbocycles. The molecule has 1 aromatic rings. The van der Waals surface area contributed by atoms with Crippen LogP contribution < -0.4 is 11.5 Å². The van der Waals surface area contributed by atoms with E-state index in [1.807, 2.05) is 36.4 Å². The Labute approximate surface area is 160 Å². The molecule has 8 heteroatoms. The minimum Gasteiger partial charge on any atom is -0.480 e. The molecule has 3 unspecified atom stereocenters. The first-order valence-corrected chi connectivity index (χ1v) is 10.3. The predicted octanol–water partition coefficient (Wildman–Crippen LogP) is 2.64. The first kappa shape index (κ1) is 20.6. The highest BCUT2D eigenvalue weighted by Crippen LogP contribution is 2.39. The number of carboxylic acid groups (broad SMARTS) is 2. The van der Waals surface area contributed by atoms with Crippen LogP contribution in [0, 0.1) is 5.92 Å². The van der Waals surface area contributed by atoms with E-state index in [4.69, 9.17) is 21.7 Å². The maximum absolute atomic E-state index is 10.8. The van der Waals surface area contributed by atoms with Crippen molar-refractivity contribution in [3.63, 3.8) is 0 Å². The molecule has 0 spiro atoms. The normalized spacial score (nSPS) is 18.8. The van der Waals surface area contributed by atoms with E-state index in [1.54, 1.807) is 21.6 Å². The molecule has 0 amide bonds. The highest BCUT2D eigenvalue weighted by Gasteiger charge is 2.18. The van der Waals surface area contributed by atoms with Crippen LogP contribution >= 0.6 is 21.6 Å². The van der Waals surface area contributed by atoms with Crippen molar-refractivity contribution in [2.45, 2.75) is 36.2 Å². The summed E-state index contributed by atoms with van der Waals surface area (Å²) in [5, 5.41) is 17.7. The lowest BCUT2D eigenvalue weighted by Crippen LogP contribution is -2.32. The van der Waals surface area contributed by atoms with Crippen molar-refractivity contribution >= 4 is 33.5 Å². The third-order valence-electron chi connectivity index (χ3n) is 3.96. The van der Waals surface area contributed by atoms with E-state index in [1.165, 1.54) is 0 Å². The van der Waals surface area contributed by atoms with E-state index < -0.39 is 24.0 Å². The van der Waals surface area contributed by atoms with Crippen molar-refractivity contribution in [1.29, 1.82) is 0 Å². The maximum Gasteiger partial charge on any atom is 0.320 e. The zero-order valence-corrected chi connectivity index (χ0v) is 15.7. The van der Waals surface area contributed by atoms with Gasteiger partial charge in [-0.25, -0.2) is 0 Å². The van der Waals surface area contributed by atoms with Crippen LogP contribution in [0.25, 0.3) is 0 Å². The third kappa shape index (κ3) is 6.53. The molecule has 0 bridgehead atoms. The smallest absolute Gasteiger partial charge is 0.320 e. The summed E-state index contributed by atoms with van der Waals surface area (Å²) in [6.45, 7) is 0. The van der Waals surface area contributed by atoms with Gasteiger partial charge in [-0.15, -0.1) is 0 Å². The van der Waals surface area contributed by atoms with E-state index >= 15 is 0 Å². The summed E-state index contributed by atoms with van der Waals surface area (Å²) in [7, 11) is 3.24. The Morgan fingerprint density at radius 2 is 1.73 bits per heavy atom. The summed E-state index contributed by atoms with van der Waals surface area (Å²) in [6.07, 6.45) is 7.64. The van der Waals surface area contributed by atoms with Crippen molar-refractivity contribution in [3.8, 4) is 0 Å². The van der Waals surface area contributed by atoms with Gasteiger partial charge in [0.25, 0.3) is 0 Å². The average molecular weight is 395 g/mol. The molecule has 0 heterocycles. The fraction of sp³-hybridized carbons (Fsp3) is 0.333. The van der Waals surface area contributed by atoms with Gasteiger partial charge in [-0.2, -0.15) is 0 Å². The first-order valence-electron chi connectivity index (χ1n) is 8.13. The number of hydrogen-bond donors (Lipinski definition) is 4. The Morgan fingerprint density at radius 1 is 1.08 bits per heavy atom. The van der Waals surface area contributed by atoms with E-state index in [0.29, 0.717) is 12.8 Å². The Kier molecular flexibility index (Phi) is 7.77. The van der Waals surface area contributed by atoms with E-state index in [9.17, 15) is 9.59 Å². The molecule has 0 saturated heterocycles. The van der Waals surface area contributed by atoms with Crippen LogP contribution in [0.2, 0.25) is 0 Å². The minimum absolute atomic E-state index is 0.160. The number of nitrogens with two attached hydrogens (primary N) is 2. The fourth-order valence-electron chi connectivity index (χ4n) is 2.43. The number of rotatable bonds is 9. The van der Waals surface area contributed by atoms with Gasteiger partial charge in [0.2, 0.25) is 0 Å².